The van der Waals surface area contributed by atoms with Gasteiger partial charge in [0.25, 0.3) is 0 Å². The highest BCUT2D eigenvalue weighted by Gasteiger charge is 2.16. The average Bonchev–Trinajstić information content (AvgIpc) is 3.37. The fourth-order valence-electron chi connectivity index (χ4n) is 3.73. The smallest absolute Gasteiger partial charge is 0.152 e. The van der Waals surface area contributed by atoms with E-state index in [9.17, 15) is 0 Å². The number of ether oxygens (including phenoxy) is 1. The highest BCUT2D eigenvalue weighted by Crippen LogP contribution is 2.31. The second-order valence-electron chi connectivity index (χ2n) is 6.83. The van der Waals surface area contributed by atoms with Crippen LogP contribution in [0.4, 0.5) is 5.82 Å². The number of benzene rings is 1. The van der Waals surface area contributed by atoms with E-state index in [1.54, 1.807) is 6.20 Å². The number of nitrogens with two attached hydrogens (primary N) is 1. The summed E-state index contributed by atoms with van der Waals surface area (Å²) in [7, 11) is 0. The number of nitrogens with one attached hydrogen (secondary N) is 2. The molecule has 1 aliphatic heterocycles. The maximum atomic E-state index is 6.20. The van der Waals surface area contributed by atoms with Crippen LogP contribution in [0.3, 0.4) is 0 Å². The van der Waals surface area contributed by atoms with E-state index in [-0.39, 0.29) is 0 Å². The monoisotopic (exact) mass is 363 g/mol. The van der Waals surface area contributed by atoms with Gasteiger partial charge in [0.1, 0.15) is 5.52 Å². The number of nitrogens with zero attached hydrogens (tertiary/aromatic N) is 4. The molecule has 4 N–H and O–H groups in total. The Morgan fingerprint density at radius 1 is 1.15 bits per heavy atom. The molecule has 0 radical (unpaired) electrons. The van der Waals surface area contributed by atoms with Crippen molar-refractivity contribution in [3.63, 3.8) is 0 Å². The lowest BCUT2D eigenvalue weighted by Crippen LogP contribution is -2.37. The maximum absolute atomic E-state index is 6.20. The van der Waals surface area contributed by atoms with Gasteiger partial charge < -0.3 is 10.5 Å². The van der Waals surface area contributed by atoms with Crippen molar-refractivity contribution in [3.8, 4) is 11.3 Å². The molecule has 4 heterocycles. The van der Waals surface area contributed by atoms with E-state index in [2.05, 4.69) is 42.4 Å². The van der Waals surface area contributed by atoms with Gasteiger partial charge in [0, 0.05) is 54.3 Å². The predicted octanol–water partition coefficient (Wildman–Crippen LogP) is 1.96. The topological polar surface area (TPSA) is 109 Å². The van der Waals surface area contributed by atoms with Gasteiger partial charge in [-0.05, 0) is 12.1 Å². The largest absolute Gasteiger partial charge is 0.382 e. The van der Waals surface area contributed by atoms with Crippen LogP contribution in [0.5, 0.6) is 0 Å². The molecule has 1 fully saturated rings. The molecule has 0 amide bonds. The van der Waals surface area contributed by atoms with Crippen molar-refractivity contribution in [1.29, 1.82) is 0 Å². The van der Waals surface area contributed by atoms with Crippen LogP contribution >= 0.6 is 0 Å². The third kappa shape index (κ3) is 2.92. The van der Waals surface area contributed by atoms with Gasteiger partial charge in [-0.3, -0.25) is 15.1 Å². The summed E-state index contributed by atoms with van der Waals surface area (Å²) in [6, 6.07) is 8.14. The van der Waals surface area contributed by atoms with Gasteiger partial charge in [-0.25, -0.2) is 4.98 Å². The van der Waals surface area contributed by atoms with E-state index in [1.165, 1.54) is 0 Å². The van der Waals surface area contributed by atoms with Crippen molar-refractivity contribution in [2.24, 2.45) is 0 Å². The molecular weight excluding hydrogens is 342 g/mol. The molecule has 1 aromatic carbocycles. The molecule has 5 rings (SSSR count). The molecule has 8 nitrogen and oxygen atoms in total. The summed E-state index contributed by atoms with van der Waals surface area (Å²) in [5, 5.41) is 16.8. The third-order valence-electron chi connectivity index (χ3n) is 5.19. The summed E-state index contributed by atoms with van der Waals surface area (Å²) >= 11 is 0. The standard InChI is InChI=1S/C19H21N7O/c20-19-18-17(15(24-25-18)4-6-26-7-9-27-10-8-26)13-2-1-12(11-16(13)22-19)14-3-5-21-23-14/h1-3,5,11H,4,6-10H2,(H2,20,22)(H,21,23)(H,24,25). The van der Waals surface area contributed by atoms with Crippen molar-refractivity contribution in [3.05, 3.63) is 36.2 Å². The Morgan fingerprint density at radius 2 is 2.04 bits per heavy atom. The SMILES string of the molecule is Nc1nc2cc(-c3ccn[nH]3)ccc2c2c(CCN3CCOCC3)[nH]nc12. The van der Waals surface area contributed by atoms with Crippen LogP contribution < -0.4 is 5.73 Å². The first-order valence-electron chi connectivity index (χ1n) is 9.15. The number of morpholine rings is 1. The van der Waals surface area contributed by atoms with Gasteiger partial charge in [-0.1, -0.05) is 12.1 Å². The van der Waals surface area contributed by atoms with E-state index < -0.39 is 0 Å². The van der Waals surface area contributed by atoms with Gasteiger partial charge >= 0.3 is 0 Å². The van der Waals surface area contributed by atoms with Gasteiger partial charge in [-0.2, -0.15) is 10.2 Å². The highest BCUT2D eigenvalue weighted by molar-refractivity contribution is 6.10. The van der Waals surface area contributed by atoms with E-state index >= 15 is 0 Å². The molecule has 1 saturated heterocycles. The fraction of sp³-hybridized carbons (Fsp3) is 0.316. The molecule has 0 atom stereocenters. The average molecular weight is 363 g/mol. The zero-order chi connectivity index (χ0) is 18.2. The van der Waals surface area contributed by atoms with Crippen LogP contribution in [0.1, 0.15) is 5.69 Å². The third-order valence-corrected chi connectivity index (χ3v) is 5.19. The van der Waals surface area contributed by atoms with Crippen molar-refractivity contribution in [2.75, 3.05) is 38.6 Å². The number of fused-ring (bicyclic) bond motifs is 3. The predicted molar refractivity (Wildman–Crippen MR) is 104 cm³/mol. The van der Waals surface area contributed by atoms with E-state index in [0.29, 0.717) is 5.82 Å². The summed E-state index contributed by atoms with van der Waals surface area (Å²) in [5.74, 6) is 0.452. The van der Waals surface area contributed by atoms with E-state index in [1.807, 2.05) is 12.1 Å². The number of hydrogen-bond donors (Lipinski definition) is 3. The summed E-state index contributed by atoms with van der Waals surface area (Å²) in [6.07, 6.45) is 2.63. The van der Waals surface area contributed by atoms with Gasteiger partial charge in [-0.15, -0.1) is 0 Å². The van der Waals surface area contributed by atoms with Crippen LogP contribution in [-0.2, 0) is 11.2 Å². The first-order valence-corrected chi connectivity index (χ1v) is 9.15. The van der Waals surface area contributed by atoms with Crippen molar-refractivity contribution >= 4 is 27.6 Å². The molecule has 138 valence electrons. The second-order valence-corrected chi connectivity index (χ2v) is 6.83. The Bertz CT molecular complexity index is 1080. The number of H-pyrrole nitrogens is 2. The number of anilines is 1. The molecule has 0 unspecified atom stereocenters. The lowest BCUT2D eigenvalue weighted by molar-refractivity contribution is 0.0384. The first-order chi connectivity index (χ1) is 13.3. The van der Waals surface area contributed by atoms with E-state index in [4.69, 9.17) is 10.5 Å². The molecule has 0 aliphatic carbocycles. The maximum Gasteiger partial charge on any atom is 0.152 e. The molecule has 4 aromatic rings. The number of hydrogen-bond acceptors (Lipinski definition) is 6. The number of rotatable bonds is 4. The molecule has 1 aliphatic rings. The molecule has 8 heteroatoms. The second kappa shape index (κ2) is 6.64. The van der Waals surface area contributed by atoms with Crippen LogP contribution in [0.2, 0.25) is 0 Å². The Morgan fingerprint density at radius 3 is 2.85 bits per heavy atom. The molecule has 27 heavy (non-hydrogen) atoms. The Balaban J connectivity index is 1.55. The van der Waals surface area contributed by atoms with Crippen molar-refractivity contribution in [2.45, 2.75) is 6.42 Å². The Labute approximate surface area is 155 Å². The van der Waals surface area contributed by atoms with Gasteiger partial charge in [0.2, 0.25) is 0 Å². The molecule has 0 saturated carbocycles. The molecule has 0 bridgehead atoms. The summed E-state index contributed by atoms with van der Waals surface area (Å²) in [5.41, 5.74) is 10.9. The molecular formula is C19H21N7O. The molecule has 0 spiro atoms. The van der Waals surface area contributed by atoms with Crippen molar-refractivity contribution < 1.29 is 4.74 Å². The number of nitrogen functional groups attached to an aromatic ring is 1. The van der Waals surface area contributed by atoms with Gasteiger partial charge in [0.15, 0.2) is 5.82 Å². The minimum atomic E-state index is 0.452. The zero-order valence-electron chi connectivity index (χ0n) is 14.9. The summed E-state index contributed by atoms with van der Waals surface area (Å²) < 4.78 is 5.43. The quantitative estimate of drug-likeness (QED) is 0.511. The lowest BCUT2D eigenvalue weighted by atomic mass is 10.0. The van der Waals surface area contributed by atoms with Crippen LogP contribution in [0.25, 0.3) is 33.1 Å². The first kappa shape index (κ1) is 16.2. The minimum Gasteiger partial charge on any atom is -0.382 e. The van der Waals surface area contributed by atoms with Crippen LogP contribution in [0, 0.1) is 0 Å². The van der Waals surface area contributed by atoms with E-state index in [0.717, 1.165) is 78.0 Å². The number of aromatic nitrogens is 5. The Hall–Kier alpha value is -2.97. The highest BCUT2D eigenvalue weighted by atomic mass is 16.5. The van der Waals surface area contributed by atoms with Crippen LogP contribution in [-0.4, -0.2) is 63.1 Å². The fourth-order valence-corrected chi connectivity index (χ4v) is 3.73. The molecule has 3 aromatic heterocycles. The Kier molecular flexibility index (Phi) is 3.99. The summed E-state index contributed by atoms with van der Waals surface area (Å²) in [6.45, 7) is 4.53. The minimum absolute atomic E-state index is 0.452. The zero-order valence-corrected chi connectivity index (χ0v) is 14.9. The van der Waals surface area contributed by atoms with Gasteiger partial charge in [0.05, 0.1) is 24.4 Å². The van der Waals surface area contributed by atoms with Crippen molar-refractivity contribution in [1.82, 2.24) is 30.3 Å². The number of pyridine rings is 1. The van der Waals surface area contributed by atoms with Crippen LogP contribution in [0.15, 0.2) is 30.5 Å². The normalized spacial score (nSPS) is 15.7. The lowest BCUT2D eigenvalue weighted by Gasteiger charge is -2.26. The summed E-state index contributed by atoms with van der Waals surface area (Å²) in [4.78, 5) is 6.99. The number of aromatic amines is 2.